The molecule has 0 aliphatic heterocycles. The van der Waals surface area contributed by atoms with Crippen LogP contribution in [0.2, 0.25) is 0 Å². The van der Waals surface area contributed by atoms with Gasteiger partial charge in [0.15, 0.2) is 0 Å². The van der Waals surface area contributed by atoms with Gasteiger partial charge in [0.1, 0.15) is 11.6 Å². The molecule has 0 atom stereocenters. The van der Waals surface area contributed by atoms with Crippen molar-refractivity contribution in [3.05, 3.63) is 108 Å². The molecule has 4 aromatic carbocycles. The largest absolute Gasteiger partial charge is 0.206 e. The van der Waals surface area contributed by atoms with Gasteiger partial charge in [-0.05, 0) is 71.0 Å². The minimum atomic E-state index is -0.552. The molecule has 0 saturated heterocycles. The third kappa shape index (κ3) is 3.97. The maximum absolute atomic E-state index is 14.8. The molecular formula is C27H22F2. The van der Waals surface area contributed by atoms with Crippen molar-refractivity contribution in [1.82, 2.24) is 0 Å². The van der Waals surface area contributed by atoms with Crippen LogP contribution in [0, 0.1) is 18.6 Å². The second kappa shape index (κ2) is 8.00. The number of fused-ring (bicyclic) bond motifs is 1. The molecule has 0 saturated carbocycles. The van der Waals surface area contributed by atoms with E-state index in [1.807, 2.05) is 43.3 Å². The summed E-state index contributed by atoms with van der Waals surface area (Å²) in [5.41, 5.74) is 4.20. The van der Waals surface area contributed by atoms with Crippen LogP contribution in [-0.2, 0) is 6.42 Å². The normalized spacial score (nSPS) is 11.0. The van der Waals surface area contributed by atoms with Crippen LogP contribution in [0.25, 0.3) is 33.0 Å². The van der Waals surface area contributed by atoms with E-state index in [-0.39, 0.29) is 5.56 Å². The number of allylic oxidation sites excluding steroid dienone is 1. The predicted octanol–water partition coefficient (Wildman–Crippen LogP) is 7.88. The zero-order valence-corrected chi connectivity index (χ0v) is 16.4. The van der Waals surface area contributed by atoms with Crippen molar-refractivity contribution >= 4 is 10.8 Å². The fourth-order valence-electron chi connectivity index (χ4n) is 3.63. The maximum Gasteiger partial charge on any atom is 0.134 e. The number of hydrogen-bond acceptors (Lipinski definition) is 0. The molecule has 144 valence electrons. The van der Waals surface area contributed by atoms with E-state index in [4.69, 9.17) is 0 Å². The number of halogens is 2. The Bertz CT molecular complexity index is 1160. The zero-order valence-electron chi connectivity index (χ0n) is 16.4. The Balaban J connectivity index is 1.71. The minimum absolute atomic E-state index is 0.0152. The van der Waals surface area contributed by atoms with E-state index in [2.05, 4.69) is 24.8 Å². The smallest absolute Gasteiger partial charge is 0.134 e. The summed E-state index contributed by atoms with van der Waals surface area (Å²) < 4.78 is 29.6. The van der Waals surface area contributed by atoms with Crippen LogP contribution in [0.3, 0.4) is 0 Å². The summed E-state index contributed by atoms with van der Waals surface area (Å²) in [5.74, 6) is -1.10. The van der Waals surface area contributed by atoms with Gasteiger partial charge in [0, 0.05) is 0 Å². The summed E-state index contributed by atoms with van der Waals surface area (Å²) >= 11 is 0. The van der Waals surface area contributed by atoms with Crippen LogP contribution in [0.4, 0.5) is 8.78 Å². The van der Waals surface area contributed by atoms with Gasteiger partial charge in [0.25, 0.3) is 0 Å². The Kier molecular flexibility index (Phi) is 5.26. The molecule has 0 spiro atoms. The van der Waals surface area contributed by atoms with Crippen molar-refractivity contribution in [3.8, 4) is 22.3 Å². The van der Waals surface area contributed by atoms with E-state index in [0.29, 0.717) is 11.1 Å². The molecule has 0 nitrogen and oxygen atoms in total. The van der Waals surface area contributed by atoms with Gasteiger partial charge in [0.2, 0.25) is 0 Å². The maximum atomic E-state index is 14.8. The molecule has 0 heterocycles. The fourth-order valence-corrected chi connectivity index (χ4v) is 3.63. The van der Waals surface area contributed by atoms with E-state index in [1.165, 1.54) is 17.7 Å². The van der Waals surface area contributed by atoms with E-state index >= 15 is 0 Å². The van der Waals surface area contributed by atoms with Crippen LogP contribution >= 0.6 is 0 Å². The summed E-state index contributed by atoms with van der Waals surface area (Å²) in [7, 11) is 0. The van der Waals surface area contributed by atoms with Gasteiger partial charge in [-0.1, -0.05) is 66.2 Å². The van der Waals surface area contributed by atoms with Crippen LogP contribution in [-0.4, -0.2) is 0 Å². The lowest BCUT2D eigenvalue weighted by Crippen LogP contribution is -1.93. The van der Waals surface area contributed by atoms with Gasteiger partial charge in [-0.3, -0.25) is 0 Å². The molecule has 0 fully saturated rings. The Morgan fingerprint density at radius 2 is 1.34 bits per heavy atom. The number of benzene rings is 4. The lowest BCUT2D eigenvalue weighted by Gasteiger charge is -2.10. The monoisotopic (exact) mass is 384 g/mol. The Morgan fingerprint density at radius 1 is 0.724 bits per heavy atom. The zero-order chi connectivity index (χ0) is 20.4. The van der Waals surface area contributed by atoms with Gasteiger partial charge in [-0.25, -0.2) is 8.78 Å². The Morgan fingerprint density at radius 3 is 2.03 bits per heavy atom. The SMILES string of the molecule is C=CCCc1ccc2cc(-c3cc(F)c(-c4ccc(C)cc4)c(F)c3)ccc2c1. The van der Waals surface area contributed by atoms with E-state index < -0.39 is 11.6 Å². The highest BCUT2D eigenvalue weighted by Gasteiger charge is 2.14. The standard InChI is InChI=1S/C27H22F2/c1-3-4-5-19-8-11-22-15-23(13-12-21(22)14-19)24-16-25(28)27(26(29)17-24)20-9-6-18(2)7-10-20/h3,6-17H,1,4-5H2,2H3. The van der Waals surface area contributed by atoms with Crippen molar-refractivity contribution in [2.24, 2.45) is 0 Å². The second-order valence-electron chi connectivity index (χ2n) is 7.40. The highest BCUT2D eigenvalue weighted by molar-refractivity contribution is 5.88. The van der Waals surface area contributed by atoms with Crippen LogP contribution in [0.15, 0.2) is 85.5 Å². The first-order valence-corrected chi connectivity index (χ1v) is 9.75. The van der Waals surface area contributed by atoms with Crippen LogP contribution in [0.1, 0.15) is 17.5 Å². The molecule has 2 heteroatoms. The average Bonchev–Trinajstić information content (AvgIpc) is 2.72. The van der Waals surface area contributed by atoms with Gasteiger partial charge in [-0.15, -0.1) is 6.58 Å². The number of hydrogen-bond donors (Lipinski definition) is 0. The molecule has 0 aromatic heterocycles. The van der Waals surface area contributed by atoms with Crippen molar-refractivity contribution in [2.75, 3.05) is 0 Å². The Hall–Kier alpha value is -3.26. The van der Waals surface area contributed by atoms with E-state index in [9.17, 15) is 8.78 Å². The van der Waals surface area contributed by atoms with Crippen molar-refractivity contribution in [1.29, 1.82) is 0 Å². The highest BCUT2D eigenvalue weighted by Crippen LogP contribution is 2.32. The van der Waals surface area contributed by atoms with Gasteiger partial charge >= 0.3 is 0 Å². The summed E-state index contributed by atoms with van der Waals surface area (Å²) in [6, 6.07) is 22.2. The van der Waals surface area contributed by atoms with Crippen LogP contribution in [0.5, 0.6) is 0 Å². The summed E-state index contributed by atoms with van der Waals surface area (Å²) in [6.45, 7) is 5.71. The average molecular weight is 384 g/mol. The van der Waals surface area contributed by atoms with Crippen molar-refractivity contribution in [3.63, 3.8) is 0 Å². The van der Waals surface area contributed by atoms with E-state index in [1.54, 1.807) is 12.1 Å². The minimum Gasteiger partial charge on any atom is -0.206 e. The van der Waals surface area contributed by atoms with E-state index in [0.717, 1.165) is 34.7 Å². The molecule has 0 unspecified atom stereocenters. The van der Waals surface area contributed by atoms with Crippen molar-refractivity contribution in [2.45, 2.75) is 19.8 Å². The molecule has 29 heavy (non-hydrogen) atoms. The molecule has 0 aliphatic rings. The third-order valence-corrected chi connectivity index (χ3v) is 5.26. The molecule has 4 rings (SSSR count). The van der Waals surface area contributed by atoms with Gasteiger partial charge in [0.05, 0.1) is 5.56 Å². The van der Waals surface area contributed by atoms with Gasteiger partial charge in [-0.2, -0.15) is 0 Å². The quantitative estimate of drug-likeness (QED) is 0.307. The molecule has 0 N–H and O–H groups in total. The number of aryl methyl sites for hydroxylation is 2. The van der Waals surface area contributed by atoms with Gasteiger partial charge < -0.3 is 0 Å². The Labute approximate surface area is 170 Å². The predicted molar refractivity (Wildman–Crippen MR) is 118 cm³/mol. The topological polar surface area (TPSA) is 0 Å². The van der Waals surface area contributed by atoms with Crippen LogP contribution < -0.4 is 0 Å². The van der Waals surface area contributed by atoms with Crippen molar-refractivity contribution < 1.29 is 8.78 Å². The second-order valence-corrected chi connectivity index (χ2v) is 7.40. The molecule has 0 radical (unpaired) electrons. The first kappa shape index (κ1) is 19.1. The molecular weight excluding hydrogens is 362 g/mol. The summed E-state index contributed by atoms with van der Waals surface area (Å²) in [4.78, 5) is 0. The highest BCUT2D eigenvalue weighted by atomic mass is 19.1. The first-order chi connectivity index (χ1) is 14.0. The fraction of sp³-hybridized carbons (Fsp3) is 0.111. The molecule has 0 amide bonds. The lowest BCUT2D eigenvalue weighted by atomic mass is 9.96. The third-order valence-electron chi connectivity index (χ3n) is 5.26. The number of rotatable bonds is 5. The summed E-state index contributed by atoms with van der Waals surface area (Å²) in [5, 5.41) is 2.17. The molecule has 0 bridgehead atoms. The molecule has 4 aromatic rings. The first-order valence-electron chi connectivity index (χ1n) is 9.75. The summed E-state index contributed by atoms with van der Waals surface area (Å²) in [6.07, 6.45) is 3.81. The molecule has 0 aliphatic carbocycles. The lowest BCUT2D eigenvalue weighted by molar-refractivity contribution is 0.590.